The Morgan fingerprint density at radius 1 is 1.61 bits per heavy atom. The van der Waals surface area contributed by atoms with Crippen LogP contribution in [0.2, 0.25) is 5.15 Å². The first-order valence-electron chi connectivity index (χ1n) is 5.84. The fourth-order valence-corrected chi connectivity index (χ4v) is 2.23. The monoisotopic (exact) mass is 269 g/mol. The molecule has 1 saturated heterocycles. The van der Waals surface area contributed by atoms with Gasteiger partial charge in [0.1, 0.15) is 11.0 Å². The molecule has 1 aromatic heterocycles. The number of esters is 1. The van der Waals surface area contributed by atoms with Crippen LogP contribution in [0.25, 0.3) is 0 Å². The Balaban J connectivity index is 2.27. The molecule has 0 aromatic carbocycles. The van der Waals surface area contributed by atoms with Crippen LogP contribution in [0.4, 0.5) is 5.82 Å². The van der Waals surface area contributed by atoms with Crippen molar-refractivity contribution in [2.45, 2.75) is 13.0 Å². The molecule has 1 aromatic rings. The van der Waals surface area contributed by atoms with Crippen LogP contribution in [0, 0.1) is 0 Å². The van der Waals surface area contributed by atoms with Gasteiger partial charge < -0.3 is 15.0 Å². The minimum Gasteiger partial charge on any atom is -0.465 e. The minimum atomic E-state index is -0.399. The quantitative estimate of drug-likeness (QED) is 0.648. The normalized spacial score (nSPS) is 19.7. The van der Waals surface area contributed by atoms with Crippen LogP contribution in [0.5, 0.6) is 0 Å². The van der Waals surface area contributed by atoms with E-state index in [4.69, 9.17) is 16.3 Å². The first-order chi connectivity index (χ1) is 8.60. The van der Waals surface area contributed by atoms with E-state index in [-0.39, 0.29) is 0 Å². The largest absolute Gasteiger partial charge is 0.465 e. The van der Waals surface area contributed by atoms with Crippen molar-refractivity contribution in [2.24, 2.45) is 0 Å². The third kappa shape index (κ3) is 2.91. The van der Waals surface area contributed by atoms with E-state index in [2.05, 4.69) is 22.1 Å². The molecule has 18 heavy (non-hydrogen) atoms. The van der Waals surface area contributed by atoms with Crippen LogP contribution in [0.1, 0.15) is 17.3 Å². The molecule has 0 radical (unpaired) electrons. The maximum absolute atomic E-state index is 11.5. The number of nitrogens with one attached hydrogen (secondary N) is 1. The maximum Gasteiger partial charge on any atom is 0.338 e. The Morgan fingerprint density at radius 3 is 3.06 bits per heavy atom. The summed E-state index contributed by atoms with van der Waals surface area (Å²) in [6.07, 6.45) is 0. The lowest BCUT2D eigenvalue weighted by Crippen LogP contribution is -2.49. The third-order valence-corrected chi connectivity index (χ3v) is 3.09. The molecule has 0 bridgehead atoms. The fraction of sp³-hybridized carbons (Fsp3) is 0.500. The van der Waals surface area contributed by atoms with E-state index in [0.29, 0.717) is 16.8 Å². The van der Waals surface area contributed by atoms with E-state index < -0.39 is 5.97 Å². The predicted octanol–water partition coefficient (Wildman–Crippen LogP) is 1.32. The van der Waals surface area contributed by atoms with Gasteiger partial charge in [-0.15, -0.1) is 0 Å². The predicted molar refractivity (Wildman–Crippen MR) is 70.3 cm³/mol. The van der Waals surface area contributed by atoms with Gasteiger partial charge in [-0.05, 0) is 19.1 Å². The van der Waals surface area contributed by atoms with Gasteiger partial charge in [-0.3, -0.25) is 0 Å². The summed E-state index contributed by atoms with van der Waals surface area (Å²) in [7, 11) is 1.35. The Kier molecular flexibility index (Phi) is 4.04. The van der Waals surface area contributed by atoms with E-state index in [1.54, 1.807) is 6.07 Å². The van der Waals surface area contributed by atoms with Crippen molar-refractivity contribution in [3.8, 4) is 0 Å². The number of rotatable bonds is 2. The molecular weight excluding hydrogens is 254 g/mol. The highest BCUT2D eigenvalue weighted by Crippen LogP contribution is 2.20. The van der Waals surface area contributed by atoms with Gasteiger partial charge in [-0.1, -0.05) is 11.6 Å². The van der Waals surface area contributed by atoms with Crippen molar-refractivity contribution >= 4 is 23.4 Å². The molecule has 0 spiro atoms. The molecule has 2 rings (SSSR count). The average Bonchev–Trinajstić information content (AvgIpc) is 2.37. The second-order valence-corrected chi connectivity index (χ2v) is 4.72. The second-order valence-electron chi connectivity index (χ2n) is 4.33. The lowest BCUT2D eigenvalue weighted by molar-refractivity contribution is 0.0600. The minimum absolute atomic E-state index is 0.305. The van der Waals surface area contributed by atoms with E-state index in [1.807, 2.05) is 0 Å². The molecule has 98 valence electrons. The lowest BCUT2D eigenvalue weighted by Gasteiger charge is -2.32. The second kappa shape index (κ2) is 5.54. The van der Waals surface area contributed by atoms with Gasteiger partial charge in [-0.2, -0.15) is 0 Å². The molecule has 1 aliphatic heterocycles. The number of aromatic nitrogens is 1. The molecule has 0 saturated carbocycles. The average molecular weight is 270 g/mol. The van der Waals surface area contributed by atoms with E-state index in [9.17, 15) is 4.79 Å². The summed E-state index contributed by atoms with van der Waals surface area (Å²) in [4.78, 5) is 17.9. The lowest BCUT2D eigenvalue weighted by atomic mass is 10.2. The number of ether oxygens (including phenoxy) is 1. The zero-order valence-corrected chi connectivity index (χ0v) is 11.2. The SMILES string of the molecule is COC(=O)c1cc(Cl)nc(N2CCN[C@H](C)C2)c1. The smallest absolute Gasteiger partial charge is 0.338 e. The first kappa shape index (κ1) is 13.1. The van der Waals surface area contributed by atoms with Crippen LogP contribution in [-0.2, 0) is 4.74 Å². The van der Waals surface area contributed by atoms with Gasteiger partial charge >= 0.3 is 5.97 Å². The molecule has 1 atom stereocenters. The molecule has 1 N–H and O–H groups in total. The molecule has 0 unspecified atom stereocenters. The number of carbonyl (C=O) groups is 1. The van der Waals surface area contributed by atoms with Crippen LogP contribution in [0.15, 0.2) is 12.1 Å². The van der Waals surface area contributed by atoms with E-state index >= 15 is 0 Å². The number of carbonyl (C=O) groups excluding carboxylic acids is 1. The number of methoxy groups -OCH3 is 1. The molecule has 0 amide bonds. The molecule has 5 nitrogen and oxygen atoms in total. The Hall–Kier alpha value is -1.33. The fourth-order valence-electron chi connectivity index (χ4n) is 2.02. The van der Waals surface area contributed by atoms with E-state index in [0.717, 1.165) is 25.5 Å². The van der Waals surface area contributed by atoms with Crippen molar-refractivity contribution in [2.75, 3.05) is 31.6 Å². The topological polar surface area (TPSA) is 54.5 Å². The van der Waals surface area contributed by atoms with Crippen molar-refractivity contribution in [3.63, 3.8) is 0 Å². The summed E-state index contributed by atoms with van der Waals surface area (Å²) in [6.45, 7) is 4.69. The zero-order chi connectivity index (χ0) is 13.1. The number of anilines is 1. The molecule has 2 heterocycles. The highest BCUT2D eigenvalue weighted by Gasteiger charge is 2.19. The van der Waals surface area contributed by atoms with Crippen LogP contribution in [0.3, 0.4) is 0 Å². The van der Waals surface area contributed by atoms with E-state index in [1.165, 1.54) is 13.2 Å². The highest BCUT2D eigenvalue weighted by molar-refractivity contribution is 6.29. The Morgan fingerprint density at radius 2 is 2.39 bits per heavy atom. The third-order valence-electron chi connectivity index (χ3n) is 2.89. The molecule has 1 aliphatic rings. The summed E-state index contributed by atoms with van der Waals surface area (Å²) in [5.74, 6) is 0.319. The summed E-state index contributed by atoms with van der Waals surface area (Å²) >= 11 is 5.95. The molecule has 1 fully saturated rings. The van der Waals surface area contributed by atoms with Crippen molar-refractivity contribution in [1.29, 1.82) is 0 Å². The number of nitrogens with zero attached hydrogens (tertiary/aromatic N) is 2. The zero-order valence-electron chi connectivity index (χ0n) is 10.4. The van der Waals surface area contributed by atoms with Gasteiger partial charge in [-0.25, -0.2) is 9.78 Å². The Bertz CT molecular complexity index is 453. The van der Waals surface area contributed by atoms with Crippen LogP contribution in [-0.4, -0.2) is 43.7 Å². The van der Waals surface area contributed by atoms with Crippen molar-refractivity contribution in [1.82, 2.24) is 10.3 Å². The van der Waals surface area contributed by atoms with Gasteiger partial charge in [0, 0.05) is 25.7 Å². The summed E-state index contributed by atoms with van der Waals surface area (Å²) in [6, 6.07) is 3.62. The van der Waals surface area contributed by atoms with Crippen molar-refractivity contribution in [3.05, 3.63) is 22.8 Å². The number of piperazine rings is 1. The summed E-state index contributed by atoms with van der Waals surface area (Å²) in [5.41, 5.74) is 0.429. The van der Waals surface area contributed by atoms with Gasteiger partial charge in [0.05, 0.1) is 12.7 Å². The standard InChI is InChI=1S/C12H16ClN3O2/c1-8-7-16(4-3-14-8)11-6-9(12(17)18-2)5-10(13)15-11/h5-6,8,14H,3-4,7H2,1-2H3/t8-/m1/s1. The number of hydrogen-bond donors (Lipinski definition) is 1. The molecule has 0 aliphatic carbocycles. The summed E-state index contributed by atoms with van der Waals surface area (Å²) in [5, 5.41) is 3.66. The number of pyridine rings is 1. The molecule has 6 heteroatoms. The Labute approximate surface area is 111 Å². The number of hydrogen-bond acceptors (Lipinski definition) is 5. The van der Waals surface area contributed by atoms with Gasteiger partial charge in [0.2, 0.25) is 0 Å². The van der Waals surface area contributed by atoms with Gasteiger partial charge in [0.15, 0.2) is 0 Å². The first-order valence-corrected chi connectivity index (χ1v) is 6.22. The van der Waals surface area contributed by atoms with Gasteiger partial charge in [0.25, 0.3) is 0 Å². The molecular formula is C12H16ClN3O2. The number of halogens is 1. The highest BCUT2D eigenvalue weighted by atomic mass is 35.5. The summed E-state index contributed by atoms with van der Waals surface area (Å²) < 4.78 is 4.70. The van der Waals surface area contributed by atoms with Crippen LogP contribution >= 0.6 is 11.6 Å². The van der Waals surface area contributed by atoms with Crippen molar-refractivity contribution < 1.29 is 9.53 Å². The van der Waals surface area contributed by atoms with Crippen LogP contribution < -0.4 is 10.2 Å². The maximum atomic E-state index is 11.5.